The fourth-order valence-corrected chi connectivity index (χ4v) is 5.04. The van der Waals surface area contributed by atoms with Crippen molar-refractivity contribution in [2.75, 3.05) is 25.2 Å². The van der Waals surface area contributed by atoms with Gasteiger partial charge in [0.1, 0.15) is 19.1 Å². The molecule has 2 aromatic heterocycles. The van der Waals surface area contributed by atoms with Crippen LogP contribution in [0.5, 0.6) is 5.88 Å². The SMILES string of the molecule is CC(C)c1cnn2c(NCc3cccc(P(C)(C)=O)c3)cc(O[C@@H]3CCC(C)(C)NC3)nc12. The molecule has 178 valence electrons. The minimum absolute atomic E-state index is 0.0891. The lowest BCUT2D eigenvalue weighted by atomic mass is 9.92. The number of fused-ring (bicyclic) bond motifs is 1. The first kappa shape index (κ1) is 23.8. The second kappa shape index (κ2) is 9.11. The highest BCUT2D eigenvalue weighted by atomic mass is 31.2. The van der Waals surface area contributed by atoms with E-state index in [1.54, 1.807) is 13.3 Å². The summed E-state index contributed by atoms with van der Waals surface area (Å²) in [5.41, 5.74) is 3.12. The topological polar surface area (TPSA) is 80.5 Å². The van der Waals surface area contributed by atoms with E-state index in [1.807, 2.05) is 41.0 Å². The number of aromatic nitrogens is 3. The largest absolute Gasteiger partial charge is 0.473 e. The molecular weight excluding hydrogens is 433 g/mol. The normalized spacial score (nSPS) is 18.6. The van der Waals surface area contributed by atoms with Crippen molar-refractivity contribution in [1.82, 2.24) is 19.9 Å². The first-order valence-electron chi connectivity index (χ1n) is 11.7. The Morgan fingerprint density at radius 3 is 2.76 bits per heavy atom. The van der Waals surface area contributed by atoms with Gasteiger partial charge in [-0.25, -0.2) is 0 Å². The maximum absolute atomic E-state index is 12.5. The van der Waals surface area contributed by atoms with Gasteiger partial charge in [0.05, 0.1) is 6.20 Å². The molecule has 0 bridgehead atoms. The van der Waals surface area contributed by atoms with Gasteiger partial charge in [-0.3, -0.25) is 0 Å². The summed E-state index contributed by atoms with van der Waals surface area (Å²) in [4.78, 5) is 4.82. The first-order valence-corrected chi connectivity index (χ1v) is 14.3. The van der Waals surface area contributed by atoms with E-state index in [4.69, 9.17) is 9.72 Å². The van der Waals surface area contributed by atoms with E-state index in [1.165, 1.54) is 0 Å². The molecule has 0 spiro atoms. The second-order valence-corrected chi connectivity index (χ2v) is 13.6. The Hall–Kier alpha value is -2.37. The number of anilines is 1. The highest BCUT2D eigenvalue weighted by Crippen LogP contribution is 2.34. The maximum atomic E-state index is 12.5. The van der Waals surface area contributed by atoms with Crippen LogP contribution in [0.1, 0.15) is 57.6 Å². The van der Waals surface area contributed by atoms with E-state index >= 15 is 0 Å². The molecule has 7 nitrogen and oxygen atoms in total. The second-order valence-electron chi connectivity index (χ2n) is 10.4. The lowest BCUT2D eigenvalue weighted by molar-refractivity contribution is 0.121. The van der Waals surface area contributed by atoms with Gasteiger partial charge in [0.15, 0.2) is 5.65 Å². The quantitative estimate of drug-likeness (QED) is 0.492. The predicted molar refractivity (Wildman–Crippen MR) is 136 cm³/mol. The zero-order valence-corrected chi connectivity index (χ0v) is 21.4. The number of nitrogens with zero attached hydrogens (tertiary/aromatic N) is 3. The van der Waals surface area contributed by atoms with Crippen LogP contribution in [0.4, 0.5) is 5.82 Å². The molecule has 1 fully saturated rings. The van der Waals surface area contributed by atoms with Crippen LogP contribution in [0.15, 0.2) is 36.5 Å². The molecule has 33 heavy (non-hydrogen) atoms. The molecule has 0 aliphatic carbocycles. The average Bonchev–Trinajstić information content (AvgIpc) is 3.17. The lowest BCUT2D eigenvalue weighted by Crippen LogP contribution is -2.50. The molecule has 1 aromatic carbocycles. The number of hydrogen-bond donors (Lipinski definition) is 2. The Morgan fingerprint density at radius 2 is 2.09 bits per heavy atom. The Balaban J connectivity index is 1.61. The fourth-order valence-electron chi connectivity index (χ4n) is 4.12. The Kier molecular flexibility index (Phi) is 6.56. The summed E-state index contributed by atoms with van der Waals surface area (Å²) in [6.07, 6.45) is 4.03. The van der Waals surface area contributed by atoms with Gasteiger partial charge in [0, 0.05) is 35.6 Å². The minimum atomic E-state index is -2.31. The van der Waals surface area contributed by atoms with Gasteiger partial charge in [0.25, 0.3) is 0 Å². The van der Waals surface area contributed by atoms with Crippen LogP contribution in [0.2, 0.25) is 0 Å². The summed E-state index contributed by atoms with van der Waals surface area (Å²) in [6.45, 7) is 13.7. The molecule has 4 rings (SSSR count). The van der Waals surface area contributed by atoms with Crippen molar-refractivity contribution in [3.63, 3.8) is 0 Å². The highest BCUT2D eigenvalue weighted by molar-refractivity contribution is 7.70. The van der Waals surface area contributed by atoms with Crippen LogP contribution in [-0.4, -0.2) is 46.1 Å². The van der Waals surface area contributed by atoms with Crippen LogP contribution >= 0.6 is 7.14 Å². The summed E-state index contributed by atoms with van der Waals surface area (Å²) < 4.78 is 20.7. The fraction of sp³-hybridized carbons (Fsp3) is 0.520. The third-order valence-electron chi connectivity index (χ3n) is 6.29. The lowest BCUT2D eigenvalue weighted by Gasteiger charge is -2.35. The van der Waals surface area contributed by atoms with Crippen LogP contribution in [0.25, 0.3) is 5.65 Å². The Labute approximate surface area is 196 Å². The van der Waals surface area contributed by atoms with Crippen molar-refractivity contribution in [1.29, 1.82) is 0 Å². The van der Waals surface area contributed by atoms with E-state index < -0.39 is 7.14 Å². The summed E-state index contributed by atoms with van der Waals surface area (Å²) in [5.74, 6) is 1.74. The van der Waals surface area contributed by atoms with Crippen molar-refractivity contribution in [2.24, 2.45) is 0 Å². The maximum Gasteiger partial charge on any atom is 0.219 e. The van der Waals surface area contributed by atoms with Crippen molar-refractivity contribution in [3.05, 3.63) is 47.7 Å². The van der Waals surface area contributed by atoms with E-state index in [0.29, 0.717) is 18.3 Å². The number of hydrogen-bond acceptors (Lipinski definition) is 6. The smallest absolute Gasteiger partial charge is 0.219 e. The van der Waals surface area contributed by atoms with Crippen LogP contribution in [0.3, 0.4) is 0 Å². The third-order valence-corrected chi connectivity index (χ3v) is 7.81. The molecule has 1 aliphatic rings. The molecule has 8 heteroatoms. The molecule has 3 heterocycles. The molecule has 1 saturated heterocycles. The Bertz CT molecular complexity index is 1170. The summed E-state index contributed by atoms with van der Waals surface area (Å²) >= 11 is 0. The molecule has 2 N–H and O–H groups in total. The van der Waals surface area contributed by atoms with Gasteiger partial charge in [-0.05, 0) is 57.6 Å². The summed E-state index contributed by atoms with van der Waals surface area (Å²) in [5, 5.41) is 12.5. The van der Waals surface area contributed by atoms with Crippen molar-refractivity contribution >= 4 is 23.9 Å². The molecule has 1 atom stereocenters. The number of benzene rings is 1. The van der Waals surface area contributed by atoms with Crippen LogP contribution in [-0.2, 0) is 11.1 Å². The van der Waals surface area contributed by atoms with Crippen molar-refractivity contribution in [3.8, 4) is 5.88 Å². The molecule has 0 amide bonds. The first-order chi connectivity index (χ1) is 15.5. The molecular formula is C25H36N5O2P. The zero-order valence-electron chi connectivity index (χ0n) is 20.6. The van der Waals surface area contributed by atoms with Gasteiger partial charge < -0.3 is 19.9 Å². The third kappa shape index (κ3) is 5.59. The molecule has 0 radical (unpaired) electrons. The monoisotopic (exact) mass is 469 g/mol. The predicted octanol–water partition coefficient (Wildman–Crippen LogP) is 4.62. The van der Waals surface area contributed by atoms with Crippen molar-refractivity contribution < 1.29 is 9.30 Å². The van der Waals surface area contributed by atoms with Gasteiger partial charge >= 0.3 is 0 Å². The standard InChI is InChI=1S/C25H36N5O2P/c1-17(2)21-16-28-30-22(26-14-18-8-7-9-20(12-18)33(5,6)31)13-23(29-24(21)30)32-19-10-11-25(3,4)27-15-19/h7-9,12-13,16-17,19,26-27H,10-11,14-15H2,1-6H3/t19-/m1/s1. The van der Waals surface area contributed by atoms with E-state index in [9.17, 15) is 4.57 Å². The zero-order chi connectivity index (χ0) is 23.8. The summed E-state index contributed by atoms with van der Waals surface area (Å²) in [7, 11) is -2.31. The van der Waals surface area contributed by atoms with E-state index in [-0.39, 0.29) is 11.6 Å². The van der Waals surface area contributed by atoms with Gasteiger partial charge in [-0.1, -0.05) is 32.0 Å². The summed E-state index contributed by atoms with van der Waals surface area (Å²) in [6, 6.07) is 9.88. The Morgan fingerprint density at radius 1 is 1.30 bits per heavy atom. The number of nitrogens with one attached hydrogen (secondary N) is 2. The minimum Gasteiger partial charge on any atom is -0.473 e. The highest BCUT2D eigenvalue weighted by Gasteiger charge is 2.27. The molecule has 0 saturated carbocycles. The molecule has 3 aromatic rings. The number of ether oxygens (including phenoxy) is 1. The van der Waals surface area contributed by atoms with Gasteiger partial charge in [-0.2, -0.15) is 14.6 Å². The van der Waals surface area contributed by atoms with Crippen LogP contribution in [0, 0.1) is 0 Å². The number of piperidine rings is 1. The number of rotatable bonds is 7. The molecule has 1 aliphatic heterocycles. The molecule has 0 unspecified atom stereocenters. The van der Waals surface area contributed by atoms with Crippen molar-refractivity contribution in [2.45, 2.75) is 64.6 Å². The average molecular weight is 470 g/mol. The van der Waals surface area contributed by atoms with E-state index in [0.717, 1.165) is 47.3 Å². The van der Waals surface area contributed by atoms with Gasteiger partial charge in [0.2, 0.25) is 5.88 Å². The van der Waals surface area contributed by atoms with Crippen LogP contribution < -0.4 is 20.7 Å². The van der Waals surface area contributed by atoms with Gasteiger partial charge in [-0.15, -0.1) is 0 Å². The van der Waals surface area contributed by atoms with E-state index in [2.05, 4.69) is 43.4 Å².